The molecule has 6 heteroatoms. The molecular formula is C12H8BrClN2OS. The molecule has 18 heavy (non-hydrogen) atoms. The molecule has 0 aliphatic carbocycles. The van der Waals surface area contributed by atoms with E-state index in [9.17, 15) is 0 Å². The summed E-state index contributed by atoms with van der Waals surface area (Å²) < 4.78 is 6.50. The first kappa shape index (κ1) is 13.3. The predicted molar refractivity (Wildman–Crippen MR) is 79.4 cm³/mol. The van der Waals surface area contributed by atoms with Crippen molar-refractivity contribution in [2.75, 3.05) is 0 Å². The van der Waals surface area contributed by atoms with Gasteiger partial charge in [-0.3, -0.25) is 0 Å². The van der Waals surface area contributed by atoms with E-state index in [1.807, 2.05) is 6.07 Å². The lowest BCUT2D eigenvalue weighted by atomic mass is 10.2. The predicted octanol–water partition coefficient (Wildman–Crippen LogP) is 3.92. The smallest absolute Gasteiger partial charge is 0.229 e. The Morgan fingerprint density at radius 1 is 1.39 bits per heavy atom. The van der Waals surface area contributed by atoms with E-state index in [0.717, 1.165) is 4.47 Å². The topological polar surface area (TPSA) is 48.1 Å². The van der Waals surface area contributed by atoms with Crippen molar-refractivity contribution in [3.63, 3.8) is 0 Å². The summed E-state index contributed by atoms with van der Waals surface area (Å²) in [5.41, 5.74) is 6.18. The number of aromatic nitrogens is 1. The average Bonchev–Trinajstić information content (AvgIpc) is 2.33. The van der Waals surface area contributed by atoms with E-state index < -0.39 is 0 Å². The van der Waals surface area contributed by atoms with Crippen LogP contribution in [0.5, 0.6) is 11.6 Å². The van der Waals surface area contributed by atoms with Crippen molar-refractivity contribution in [2.24, 2.45) is 5.73 Å². The third kappa shape index (κ3) is 2.98. The van der Waals surface area contributed by atoms with E-state index >= 15 is 0 Å². The Kier molecular flexibility index (Phi) is 4.16. The fourth-order valence-corrected chi connectivity index (χ4v) is 2.19. The van der Waals surface area contributed by atoms with Crippen LogP contribution < -0.4 is 10.5 Å². The largest absolute Gasteiger partial charge is 0.437 e. The van der Waals surface area contributed by atoms with Crippen LogP contribution in [0.15, 0.2) is 41.0 Å². The number of nitrogens with two attached hydrogens (primary N) is 1. The second-order valence-electron chi connectivity index (χ2n) is 3.40. The minimum Gasteiger partial charge on any atom is -0.437 e. The zero-order chi connectivity index (χ0) is 13.1. The molecule has 3 nitrogen and oxygen atoms in total. The van der Waals surface area contributed by atoms with Crippen LogP contribution in [0.4, 0.5) is 0 Å². The molecular weight excluding hydrogens is 336 g/mol. The number of benzene rings is 1. The molecule has 0 saturated carbocycles. The monoisotopic (exact) mass is 342 g/mol. The first-order chi connectivity index (χ1) is 8.58. The van der Waals surface area contributed by atoms with Gasteiger partial charge in [0.1, 0.15) is 10.7 Å². The summed E-state index contributed by atoms with van der Waals surface area (Å²) in [6, 6.07) is 8.79. The Morgan fingerprint density at radius 3 is 2.83 bits per heavy atom. The van der Waals surface area contributed by atoms with Crippen LogP contribution in [0.2, 0.25) is 5.02 Å². The zero-order valence-corrected chi connectivity index (χ0v) is 12.2. The molecule has 0 unspecified atom stereocenters. The maximum absolute atomic E-state index is 6.06. The molecule has 92 valence electrons. The van der Waals surface area contributed by atoms with Crippen molar-refractivity contribution in [1.29, 1.82) is 0 Å². The molecule has 0 amide bonds. The molecule has 0 radical (unpaired) electrons. The molecule has 0 saturated heterocycles. The van der Waals surface area contributed by atoms with Crippen molar-refractivity contribution in [3.05, 3.63) is 51.6 Å². The fraction of sp³-hybridized carbons (Fsp3) is 0. The SMILES string of the molecule is NC(=S)c1cccnc1Oc1ccc(Br)cc1Cl. The maximum Gasteiger partial charge on any atom is 0.229 e. The van der Waals surface area contributed by atoms with Gasteiger partial charge in [0, 0.05) is 10.7 Å². The van der Waals surface area contributed by atoms with Gasteiger partial charge in [0.2, 0.25) is 5.88 Å². The number of hydrogen-bond donors (Lipinski definition) is 1. The normalized spacial score (nSPS) is 10.1. The quantitative estimate of drug-likeness (QED) is 0.858. The summed E-state index contributed by atoms with van der Waals surface area (Å²) in [7, 11) is 0. The van der Waals surface area contributed by atoms with E-state index in [4.69, 9.17) is 34.3 Å². The van der Waals surface area contributed by atoms with Gasteiger partial charge in [-0.05, 0) is 30.3 Å². The molecule has 0 fully saturated rings. The van der Waals surface area contributed by atoms with Gasteiger partial charge in [-0.25, -0.2) is 4.98 Å². The summed E-state index contributed by atoms with van der Waals surface area (Å²) in [6.07, 6.45) is 1.60. The second-order valence-corrected chi connectivity index (χ2v) is 5.16. The Bertz CT molecular complexity index is 606. The number of thiocarbonyl (C=S) groups is 1. The van der Waals surface area contributed by atoms with Gasteiger partial charge < -0.3 is 10.5 Å². The molecule has 0 aliphatic rings. The molecule has 0 atom stereocenters. The molecule has 2 N–H and O–H groups in total. The highest BCUT2D eigenvalue weighted by Crippen LogP contribution is 2.32. The van der Waals surface area contributed by atoms with Crippen molar-refractivity contribution in [1.82, 2.24) is 4.98 Å². The van der Waals surface area contributed by atoms with E-state index in [-0.39, 0.29) is 4.99 Å². The van der Waals surface area contributed by atoms with Crippen LogP contribution in [-0.4, -0.2) is 9.97 Å². The minimum absolute atomic E-state index is 0.228. The van der Waals surface area contributed by atoms with Crippen molar-refractivity contribution < 1.29 is 4.74 Å². The molecule has 0 spiro atoms. The van der Waals surface area contributed by atoms with Crippen LogP contribution in [0, 0.1) is 0 Å². The number of nitrogens with zero attached hydrogens (tertiary/aromatic N) is 1. The maximum atomic E-state index is 6.06. The van der Waals surface area contributed by atoms with Gasteiger partial charge in [0.15, 0.2) is 0 Å². The van der Waals surface area contributed by atoms with E-state index in [2.05, 4.69) is 20.9 Å². The second kappa shape index (κ2) is 5.65. The number of halogens is 2. The van der Waals surface area contributed by atoms with E-state index in [1.165, 1.54) is 0 Å². The van der Waals surface area contributed by atoms with Gasteiger partial charge in [0.05, 0.1) is 10.6 Å². The fourth-order valence-electron chi connectivity index (χ4n) is 1.32. The van der Waals surface area contributed by atoms with Crippen LogP contribution in [0.25, 0.3) is 0 Å². The summed E-state index contributed by atoms with van der Waals surface area (Å²) in [6.45, 7) is 0. The van der Waals surface area contributed by atoms with Crippen LogP contribution in [-0.2, 0) is 0 Å². The molecule has 1 aromatic carbocycles. The van der Waals surface area contributed by atoms with Gasteiger partial charge in [-0.2, -0.15) is 0 Å². The molecule has 2 rings (SSSR count). The third-order valence-corrected chi connectivity index (χ3v) is 3.15. The summed E-state index contributed by atoms with van der Waals surface area (Å²) >= 11 is 14.3. The Balaban J connectivity index is 2.37. The molecule has 2 aromatic rings. The molecule has 0 aliphatic heterocycles. The highest BCUT2D eigenvalue weighted by Gasteiger charge is 2.10. The highest BCUT2D eigenvalue weighted by molar-refractivity contribution is 9.10. The van der Waals surface area contributed by atoms with Gasteiger partial charge in [-0.15, -0.1) is 0 Å². The third-order valence-electron chi connectivity index (χ3n) is 2.14. The Hall–Kier alpha value is -1.17. The van der Waals surface area contributed by atoms with E-state index in [1.54, 1.807) is 30.5 Å². The lowest BCUT2D eigenvalue weighted by Gasteiger charge is -2.10. The number of rotatable bonds is 3. The van der Waals surface area contributed by atoms with Crippen LogP contribution in [0.1, 0.15) is 5.56 Å². The number of ether oxygens (including phenoxy) is 1. The first-order valence-electron chi connectivity index (χ1n) is 4.95. The lowest BCUT2D eigenvalue weighted by Crippen LogP contribution is -2.11. The van der Waals surface area contributed by atoms with Crippen LogP contribution >= 0.6 is 39.7 Å². The van der Waals surface area contributed by atoms with Crippen molar-refractivity contribution in [3.8, 4) is 11.6 Å². The van der Waals surface area contributed by atoms with Gasteiger partial charge in [-0.1, -0.05) is 39.7 Å². The summed E-state index contributed by atoms with van der Waals surface area (Å²) in [5.74, 6) is 0.838. The standard InChI is InChI=1S/C12H8BrClN2OS/c13-7-3-4-10(9(14)6-7)17-12-8(11(15)18)2-1-5-16-12/h1-6H,(H2,15,18). The summed E-state index contributed by atoms with van der Waals surface area (Å²) in [4.78, 5) is 4.33. The zero-order valence-electron chi connectivity index (χ0n) is 9.06. The van der Waals surface area contributed by atoms with Crippen molar-refractivity contribution in [2.45, 2.75) is 0 Å². The van der Waals surface area contributed by atoms with Gasteiger partial charge >= 0.3 is 0 Å². The Labute approximate surface area is 123 Å². The first-order valence-corrected chi connectivity index (χ1v) is 6.53. The van der Waals surface area contributed by atoms with Crippen molar-refractivity contribution >= 4 is 44.7 Å². The van der Waals surface area contributed by atoms with Gasteiger partial charge in [0.25, 0.3) is 0 Å². The highest BCUT2D eigenvalue weighted by atomic mass is 79.9. The summed E-state index contributed by atoms with van der Waals surface area (Å²) in [5, 5.41) is 0.476. The molecule has 1 heterocycles. The molecule has 0 bridgehead atoms. The minimum atomic E-state index is 0.228. The average molecular weight is 344 g/mol. The number of pyridine rings is 1. The molecule has 1 aromatic heterocycles. The van der Waals surface area contributed by atoms with Crippen LogP contribution in [0.3, 0.4) is 0 Å². The number of hydrogen-bond acceptors (Lipinski definition) is 3. The lowest BCUT2D eigenvalue weighted by molar-refractivity contribution is 0.462. The van der Waals surface area contributed by atoms with E-state index in [0.29, 0.717) is 22.2 Å². The Morgan fingerprint density at radius 2 is 2.17 bits per heavy atom.